The maximum atomic E-state index is 13.0. The Bertz CT molecular complexity index is 939. The Morgan fingerprint density at radius 1 is 0.806 bits per heavy atom. The second-order valence-corrected chi connectivity index (χ2v) is 9.06. The van der Waals surface area contributed by atoms with E-state index in [1.54, 1.807) is 0 Å². The van der Waals surface area contributed by atoms with Crippen molar-refractivity contribution in [3.05, 3.63) is 58.7 Å². The van der Waals surface area contributed by atoms with Crippen molar-refractivity contribution in [2.75, 3.05) is 0 Å². The van der Waals surface area contributed by atoms with Crippen molar-refractivity contribution in [2.45, 2.75) is 91.4 Å². The van der Waals surface area contributed by atoms with Crippen molar-refractivity contribution in [3.63, 3.8) is 0 Å². The summed E-state index contributed by atoms with van der Waals surface area (Å²) in [5.41, 5.74) is 4.05. The molecule has 0 atom stereocenters. The summed E-state index contributed by atoms with van der Waals surface area (Å²) < 4.78 is 5.91. The molecule has 2 aromatic carbocycles. The van der Waals surface area contributed by atoms with Crippen LogP contribution in [0.4, 0.5) is 0 Å². The van der Waals surface area contributed by atoms with E-state index < -0.39 is 0 Å². The van der Waals surface area contributed by atoms with Crippen LogP contribution >= 0.6 is 0 Å². The average molecular weight is 419 g/mol. The number of hydrogen-bond donors (Lipinski definition) is 0. The van der Waals surface area contributed by atoms with E-state index in [1.165, 1.54) is 68.6 Å². The molecule has 0 N–H and O–H groups in total. The van der Waals surface area contributed by atoms with Gasteiger partial charge >= 0.3 is 5.97 Å². The first-order chi connectivity index (χ1) is 15.1. The highest BCUT2D eigenvalue weighted by molar-refractivity contribution is 6.09. The predicted octanol–water partition coefficient (Wildman–Crippen LogP) is 8.84. The van der Waals surface area contributed by atoms with Crippen molar-refractivity contribution >= 4 is 28.6 Å². The Labute approximate surface area is 188 Å². The van der Waals surface area contributed by atoms with Gasteiger partial charge in [0.25, 0.3) is 0 Å². The summed E-state index contributed by atoms with van der Waals surface area (Å²) in [5, 5.41) is 2.37. The molecule has 2 aromatic rings. The second kappa shape index (κ2) is 11.9. The van der Waals surface area contributed by atoms with Crippen LogP contribution in [0.1, 0.15) is 103 Å². The third-order valence-corrected chi connectivity index (χ3v) is 6.32. The van der Waals surface area contributed by atoms with Gasteiger partial charge in [-0.1, -0.05) is 107 Å². The predicted molar refractivity (Wildman–Crippen MR) is 133 cm³/mol. The zero-order valence-electron chi connectivity index (χ0n) is 19.6. The van der Waals surface area contributed by atoms with E-state index in [4.69, 9.17) is 4.74 Å². The lowest BCUT2D eigenvalue weighted by atomic mass is 10.0. The lowest BCUT2D eigenvalue weighted by Gasteiger charge is -2.12. The van der Waals surface area contributed by atoms with Gasteiger partial charge in [-0.15, -0.1) is 0 Å². The fourth-order valence-electron chi connectivity index (χ4n) is 4.51. The SMILES string of the molecule is CCCCCCCCCCCCC(C(=O)OC1=Cc2cccc3cccc1c23)=C(C)C. The average Bonchev–Trinajstić information content (AvgIpc) is 3.11. The zero-order valence-corrected chi connectivity index (χ0v) is 19.6. The smallest absolute Gasteiger partial charge is 0.339 e. The standard InChI is InChI=1S/C29H38O2/c1-4-5-6-7-8-9-10-11-12-13-19-25(22(2)3)29(30)31-27-21-24-18-14-16-23-17-15-20-26(27)28(23)24/h14-18,20-21H,4-13,19H2,1-3H3. The number of carbonyl (C=O) groups excluding carboxylic acids is 1. The van der Waals surface area contributed by atoms with E-state index in [9.17, 15) is 4.79 Å². The van der Waals surface area contributed by atoms with E-state index in [1.807, 2.05) is 32.1 Å². The van der Waals surface area contributed by atoms with Crippen molar-refractivity contribution in [3.8, 4) is 0 Å². The summed E-state index contributed by atoms with van der Waals surface area (Å²) in [6, 6.07) is 12.4. The van der Waals surface area contributed by atoms with Gasteiger partial charge in [0, 0.05) is 11.1 Å². The summed E-state index contributed by atoms with van der Waals surface area (Å²) in [6.45, 7) is 6.30. The van der Waals surface area contributed by atoms with E-state index >= 15 is 0 Å². The fraction of sp³-hybridized carbons (Fsp3) is 0.483. The summed E-state index contributed by atoms with van der Waals surface area (Å²) in [7, 11) is 0. The molecule has 0 aromatic heterocycles. The van der Waals surface area contributed by atoms with Crippen LogP contribution in [-0.2, 0) is 9.53 Å². The zero-order chi connectivity index (χ0) is 22.1. The van der Waals surface area contributed by atoms with Gasteiger partial charge in [-0.05, 0) is 49.1 Å². The molecule has 1 aliphatic carbocycles. The Hall–Kier alpha value is -2.35. The molecule has 0 spiro atoms. The van der Waals surface area contributed by atoms with Crippen LogP contribution in [0.25, 0.3) is 22.6 Å². The van der Waals surface area contributed by atoms with Crippen molar-refractivity contribution < 1.29 is 9.53 Å². The molecule has 31 heavy (non-hydrogen) atoms. The van der Waals surface area contributed by atoms with Gasteiger partial charge in [0.15, 0.2) is 0 Å². The molecular weight excluding hydrogens is 380 g/mol. The van der Waals surface area contributed by atoms with E-state index in [-0.39, 0.29) is 5.97 Å². The lowest BCUT2D eigenvalue weighted by Crippen LogP contribution is -2.08. The maximum Gasteiger partial charge on any atom is 0.339 e. The monoisotopic (exact) mass is 418 g/mol. The second-order valence-electron chi connectivity index (χ2n) is 9.06. The molecule has 0 heterocycles. The Kier molecular flexibility index (Phi) is 8.94. The van der Waals surface area contributed by atoms with Crippen LogP contribution < -0.4 is 0 Å². The van der Waals surface area contributed by atoms with Crippen LogP contribution in [0.15, 0.2) is 47.5 Å². The molecule has 0 saturated carbocycles. The summed E-state index contributed by atoms with van der Waals surface area (Å²) in [5.74, 6) is 0.491. The summed E-state index contributed by atoms with van der Waals surface area (Å²) in [6.07, 6.45) is 15.8. The number of unbranched alkanes of at least 4 members (excludes halogenated alkanes) is 9. The molecule has 0 fully saturated rings. The number of benzene rings is 2. The molecular formula is C29H38O2. The van der Waals surface area contributed by atoms with E-state index in [0.29, 0.717) is 5.76 Å². The van der Waals surface area contributed by atoms with E-state index in [2.05, 4.69) is 31.2 Å². The van der Waals surface area contributed by atoms with Gasteiger partial charge in [0.1, 0.15) is 5.76 Å². The highest BCUT2D eigenvalue weighted by atomic mass is 16.5. The molecule has 0 bridgehead atoms. The number of ether oxygens (including phenoxy) is 1. The highest BCUT2D eigenvalue weighted by Crippen LogP contribution is 2.37. The molecule has 2 nitrogen and oxygen atoms in total. The minimum atomic E-state index is -0.188. The van der Waals surface area contributed by atoms with Gasteiger partial charge in [0.2, 0.25) is 0 Å². The largest absolute Gasteiger partial charge is 0.422 e. The van der Waals surface area contributed by atoms with Crippen LogP contribution in [0.5, 0.6) is 0 Å². The van der Waals surface area contributed by atoms with Crippen LogP contribution in [0.3, 0.4) is 0 Å². The number of rotatable bonds is 13. The Balaban J connectivity index is 1.46. The molecule has 0 aliphatic heterocycles. The highest BCUT2D eigenvalue weighted by Gasteiger charge is 2.22. The third-order valence-electron chi connectivity index (χ3n) is 6.32. The Morgan fingerprint density at radius 2 is 1.42 bits per heavy atom. The number of allylic oxidation sites excluding steroid dienone is 1. The molecule has 0 unspecified atom stereocenters. The number of esters is 1. The van der Waals surface area contributed by atoms with Crippen LogP contribution in [0, 0.1) is 0 Å². The molecule has 0 radical (unpaired) electrons. The van der Waals surface area contributed by atoms with Gasteiger partial charge in [-0.3, -0.25) is 0 Å². The first kappa shape index (κ1) is 23.3. The quantitative estimate of drug-likeness (QED) is 0.184. The first-order valence-corrected chi connectivity index (χ1v) is 12.2. The van der Waals surface area contributed by atoms with Crippen molar-refractivity contribution in [1.82, 2.24) is 0 Å². The van der Waals surface area contributed by atoms with Crippen LogP contribution in [-0.4, -0.2) is 5.97 Å². The number of hydrogen-bond acceptors (Lipinski definition) is 2. The topological polar surface area (TPSA) is 26.3 Å². The first-order valence-electron chi connectivity index (χ1n) is 12.2. The summed E-state index contributed by atoms with van der Waals surface area (Å²) in [4.78, 5) is 13.0. The molecule has 166 valence electrons. The van der Waals surface area contributed by atoms with Crippen molar-refractivity contribution in [1.29, 1.82) is 0 Å². The minimum absolute atomic E-state index is 0.188. The molecule has 1 aliphatic rings. The minimum Gasteiger partial charge on any atom is -0.422 e. The van der Waals surface area contributed by atoms with Gasteiger partial charge in [0.05, 0.1) is 0 Å². The molecule has 2 heteroatoms. The molecule has 0 amide bonds. The maximum absolute atomic E-state index is 13.0. The van der Waals surface area contributed by atoms with E-state index in [0.717, 1.165) is 35.1 Å². The third kappa shape index (κ3) is 6.32. The molecule has 0 saturated heterocycles. The van der Waals surface area contributed by atoms with Gasteiger partial charge in [-0.25, -0.2) is 4.79 Å². The van der Waals surface area contributed by atoms with Crippen molar-refractivity contribution in [2.24, 2.45) is 0 Å². The van der Waals surface area contributed by atoms with Gasteiger partial charge < -0.3 is 4.74 Å². The fourth-order valence-corrected chi connectivity index (χ4v) is 4.51. The summed E-state index contributed by atoms with van der Waals surface area (Å²) >= 11 is 0. The normalized spacial score (nSPS) is 12.2. The lowest BCUT2D eigenvalue weighted by molar-refractivity contribution is -0.132. The Morgan fingerprint density at radius 3 is 2.06 bits per heavy atom. The number of carbonyl (C=O) groups is 1. The molecule has 3 rings (SSSR count). The van der Waals surface area contributed by atoms with Crippen LogP contribution in [0.2, 0.25) is 0 Å². The van der Waals surface area contributed by atoms with Gasteiger partial charge in [-0.2, -0.15) is 0 Å².